The van der Waals surface area contributed by atoms with Gasteiger partial charge < -0.3 is 15.5 Å². The van der Waals surface area contributed by atoms with Gasteiger partial charge in [0.15, 0.2) is 5.82 Å². The molecule has 1 aromatic carbocycles. The van der Waals surface area contributed by atoms with Crippen LogP contribution < -0.4 is 15.5 Å². The number of carbonyl (C=O) groups is 2. The van der Waals surface area contributed by atoms with Crippen molar-refractivity contribution in [3.63, 3.8) is 0 Å². The van der Waals surface area contributed by atoms with Crippen LogP contribution in [0.1, 0.15) is 51.9 Å². The zero-order valence-electron chi connectivity index (χ0n) is 17.7. The molecule has 2 N–H and O–H groups in total. The van der Waals surface area contributed by atoms with Crippen molar-refractivity contribution >= 4 is 23.5 Å². The lowest BCUT2D eigenvalue weighted by Gasteiger charge is -2.29. The van der Waals surface area contributed by atoms with Crippen LogP contribution in [0.15, 0.2) is 30.5 Å². The minimum atomic E-state index is -0.498. The number of carbonyl (C=O) groups excluding carboxylic acids is 2. The van der Waals surface area contributed by atoms with Gasteiger partial charge in [0.25, 0.3) is 0 Å². The van der Waals surface area contributed by atoms with Crippen LogP contribution in [-0.2, 0) is 9.59 Å². The van der Waals surface area contributed by atoms with Gasteiger partial charge >= 0.3 is 0 Å². The third kappa shape index (κ3) is 5.18. The number of nitrogens with one attached hydrogen (secondary N) is 2. The lowest BCUT2D eigenvalue weighted by Crippen LogP contribution is -2.39. The summed E-state index contributed by atoms with van der Waals surface area (Å²) in [6.45, 7) is 2.22. The Bertz CT molecular complexity index is 959. The second-order valence-electron chi connectivity index (χ2n) is 8.34. The van der Waals surface area contributed by atoms with Crippen LogP contribution in [0.2, 0.25) is 0 Å². The first kappa shape index (κ1) is 21.2. The number of piperidine rings is 1. The van der Waals surface area contributed by atoms with Crippen LogP contribution in [0.3, 0.4) is 0 Å². The summed E-state index contributed by atoms with van der Waals surface area (Å²) >= 11 is 0. The molecule has 1 aliphatic carbocycles. The van der Waals surface area contributed by atoms with E-state index >= 15 is 0 Å². The zero-order valence-corrected chi connectivity index (χ0v) is 17.7. The molecule has 1 saturated carbocycles. The van der Waals surface area contributed by atoms with Crippen LogP contribution in [0.5, 0.6) is 0 Å². The van der Waals surface area contributed by atoms with Crippen molar-refractivity contribution in [3.05, 3.63) is 36.3 Å². The Hall–Kier alpha value is -3.03. The average molecular weight is 426 g/mol. The lowest BCUT2D eigenvalue weighted by atomic mass is 9.91. The smallest absolute Gasteiger partial charge is 0.226 e. The quantitative estimate of drug-likeness (QED) is 0.763. The molecule has 2 heterocycles. The zero-order chi connectivity index (χ0) is 21.8. The molecule has 7 nitrogen and oxygen atoms in total. The Kier molecular flexibility index (Phi) is 6.44. The third-order valence-corrected chi connectivity index (χ3v) is 5.97. The Morgan fingerprint density at radius 3 is 2.68 bits per heavy atom. The molecule has 0 spiro atoms. The maximum Gasteiger partial charge on any atom is 0.226 e. The van der Waals surface area contributed by atoms with Crippen molar-refractivity contribution in [2.45, 2.75) is 64.0 Å². The molecular formula is C23H28FN5O2. The summed E-state index contributed by atoms with van der Waals surface area (Å²) in [7, 11) is 0. The summed E-state index contributed by atoms with van der Waals surface area (Å²) in [5, 5.41) is 6.28. The van der Waals surface area contributed by atoms with Gasteiger partial charge in [0.1, 0.15) is 5.69 Å². The molecule has 1 aliphatic heterocycles. The number of aromatic nitrogens is 2. The molecule has 0 atom stereocenters. The van der Waals surface area contributed by atoms with E-state index in [4.69, 9.17) is 0 Å². The van der Waals surface area contributed by atoms with Gasteiger partial charge in [-0.2, -0.15) is 0 Å². The van der Waals surface area contributed by atoms with Crippen LogP contribution in [-0.4, -0.2) is 40.4 Å². The molecule has 2 aliphatic rings. The first-order valence-electron chi connectivity index (χ1n) is 11.0. The molecule has 2 fully saturated rings. The third-order valence-electron chi connectivity index (χ3n) is 5.97. The first-order valence-corrected chi connectivity index (χ1v) is 11.0. The Balaban J connectivity index is 1.48. The van der Waals surface area contributed by atoms with Crippen molar-refractivity contribution in [1.29, 1.82) is 0 Å². The highest BCUT2D eigenvalue weighted by molar-refractivity contribution is 5.94. The first-order chi connectivity index (χ1) is 15.0. The Morgan fingerprint density at radius 2 is 1.94 bits per heavy atom. The van der Waals surface area contributed by atoms with E-state index in [1.54, 1.807) is 11.0 Å². The second-order valence-corrected chi connectivity index (χ2v) is 8.34. The summed E-state index contributed by atoms with van der Waals surface area (Å²) in [5.41, 5.74) is 1.61. The Morgan fingerprint density at radius 1 is 1.16 bits per heavy atom. The van der Waals surface area contributed by atoms with Crippen LogP contribution in [0.25, 0.3) is 11.3 Å². The van der Waals surface area contributed by atoms with E-state index in [1.165, 1.54) is 13.1 Å². The van der Waals surface area contributed by atoms with Crippen LogP contribution >= 0.6 is 0 Å². The van der Waals surface area contributed by atoms with E-state index in [9.17, 15) is 14.0 Å². The number of amides is 2. The summed E-state index contributed by atoms with van der Waals surface area (Å²) in [6, 6.07) is 7.70. The molecule has 0 bridgehead atoms. The number of nitrogens with zero attached hydrogens (tertiary/aromatic N) is 3. The number of benzene rings is 1. The van der Waals surface area contributed by atoms with Gasteiger partial charge in [-0.15, -0.1) is 0 Å². The number of rotatable bonds is 5. The van der Waals surface area contributed by atoms with E-state index in [0.717, 1.165) is 44.2 Å². The molecular weight excluding hydrogens is 397 g/mol. The van der Waals surface area contributed by atoms with Gasteiger partial charge in [0.2, 0.25) is 17.8 Å². The van der Waals surface area contributed by atoms with Crippen molar-refractivity contribution in [2.75, 3.05) is 16.8 Å². The van der Waals surface area contributed by atoms with E-state index in [2.05, 4.69) is 20.6 Å². The highest BCUT2D eigenvalue weighted by Crippen LogP contribution is 2.29. The van der Waals surface area contributed by atoms with Crippen LogP contribution in [0.4, 0.5) is 16.0 Å². The van der Waals surface area contributed by atoms with Crippen molar-refractivity contribution < 1.29 is 14.0 Å². The van der Waals surface area contributed by atoms with Crippen LogP contribution in [0, 0.1) is 5.82 Å². The number of hydrogen-bond acceptors (Lipinski definition) is 5. The molecule has 0 unspecified atom stereocenters. The second kappa shape index (κ2) is 9.41. The normalized spacial score (nSPS) is 21.6. The number of hydrogen-bond donors (Lipinski definition) is 2. The SMILES string of the molecule is CC(=O)NC1CCC(Nc2ncc(F)c(-c3cccc(N4CCCCC4=O)c3)n2)CC1. The monoisotopic (exact) mass is 425 g/mol. The van der Waals surface area contributed by atoms with Gasteiger partial charge in [-0.3, -0.25) is 9.59 Å². The van der Waals surface area contributed by atoms with E-state index < -0.39 is 5.82 Å². The predicted molar refractivity (Wildman–Crippen MR) is 117 cm³/mol. The fraction of sp³-hybridized carbons (Fsp3) is 0.478. The van der Waals surface area contributed by atoms with Gasteiger partial charge in [0, 0.05) is 43.2 Å². The van der Waals surface area contributed by atoms with Crippen molar-refractivity contribution in [3.8, 4) is 11.3 Å². The molecule has 2 aromatic rings. The summed E-state index contributed by atoms with van der Waals surface area (Å²) in [5.74, 6) is -0.0129. The van der Waals surface area contributed by atoms with E-state index in [0.29, 0.717) is 24.5 Å². The highest BCUT2D eigenvalue weighted by Gasteiger charge is 2.23. The predicted octanol–water partition coefficient (Wildman–Crippen LogP) is 3.66. The average Bonchev–Trinajstić information content (AvgIpc) is 2.76. The molecule has 2 amide bonds. The summed E-state index contributed by atoms with van der Waals surface area (Å²) in [6.07, 6.45) is 7.15. The van der Waals surface area contributed by atoms with Gasteiger partial charge in [-0.05, 0) is 50.7 Å². The summed E-state index contributed by atoms with van der Waals surface area (Å²) in [4.78, 5) is 33.8. The molecule has 8 heteroatoms. The fourth-order valence-corrected chi connectivity index (χ4v) is 4.39. The molecule has 0 radical (unpaired) electrons. The standard InChI is InChI=1S/C23H28FN5O2/c1-15(30)26-17-8-10-18(11-9-17)27-23-25-14-20(24)22(28-23)16-5-4-6-19(13-16)29-12-3-2-7-21(29)31/h4-6,13-14,17-18H,2-3,7-12H2,1H3,(H,26,30)(H,25,27,28). The number of halogens is 1. The van der Waals surface area contributed by atoms with Crippen molar-refractivity contribution in [2.24, 2.45) is 0 Å². The molecule has 1 aromatic heterocycles. The molecule has 31 heavy (non-hydrogen) atoms. The minimum absolute atomic E-state index is 0.00333. The maximum absolute atomic E-state index is 14.6. The topological polar surface area (TPSA) is 87.2 Å². The molecule has 1 saturated heterocycles. The maximum atomic E-state index is 14.6. The fourth-order valence-electron chi connectivity index (χ4n) is 4.39. The molecule has 164 valence electrons. The van der Waals surface area contributed by atoms with Gasteiger partial charge in [-0.1, -0.05) is 12.1 Å². The Labute approximate surface area is 181 Å². The minimum Gasteiger partial charge on any atom is -0.354 e. The van der Waals surface area contributed by atoms with Crippen molar-refractivity contribution in [1.82, 2.24) is 15.3 Å². The number of anilines is 2. The van der Waals surface area contributed by atoms with Gasteiger partial charge in [-0.25, -0.2) is 14.4 Å². The highest BCUT2D eigenvalue weighted by atomic mass is 19.1. The van der Waals surface area contributed by atoms with Gasteiger partial charge in [0.05, 0.1) is 6.20 Å². The van der Waals surface area contributed by atoms with E-state index in [1.807, 2.05) is 18.2 Å². The molecule has 4 rings (SSSR count). The van der Waals surface area contributed by atoms with E-state index in [-0.39, 0.29) is 29.6 Å². The summed E-state index contributed by atoms with van der Waals surface area (Å²) < 4.78 is 14.6. The lowest BCUT2D eigenvalue weighted by molar-refractivity contribution is -0.120. The largest absolute Gasteiger partial charge is 0.354 e.